The lowest BCUT2D eigenvalue weighted by Crippen LogP contribution is -2.26. The third-order valence-electron chi connectivity index (χ3n) is 5.29. The molecular formula is C26H25N3O5. The number of rotatable bonds is 9. The number of carbonyl (C=O) groups excluding carboxylic acids is 1. The van der Waals surface area contributed by atoms with E-state index in [1.807, 2.05) is 36.4 Å². The third kappa shape index (κ3) is 4.85. The summed E-state index contributed by atoms with van der Waals surface area (Å²) in [5.41, 5.74) is 2.78. The van der Waals surface area contributed by atoms with Gasteiger partial charge in [-0.2, -0.15) is 4.98 Å². The predicted octanol–water partition coefficient (Wildman–Crippen LogP) is 4.40. The molecule has 1 aromatic heterocycles. The normalized spacial score (nSPS) is 10.6. The van der Waals surface area contributed by atoms with Crippen molar-refractivity contribution in [2.75, 3.05) is 27.9 Å². The molecule has 1 N–H and O–H groups in total. The van der Waals surface area contributed by atoms with Gasteiger partial charge in [0.05, 0.1) is 32.5 Å². The summed E-state index contributed by atoms with van der Waals surface area (Å²) in [5.74, 6) is 1.77. The van der Waals surface area contributed by atoms with Gasteiger partial charge >= 0.3 is 0 Å². The molecule has 8 heteroatoms. The van der Waals surface area contributed by atoms with Crippen molar-refractivity contribution >= 4 is 5.91 Å². The van der Waals surface area contributed by atoms with Gasteiger partial charge in [-0.3, -0.25) is 4.79 Å². The maximum Gasteiger partial charge on any atom is 0.259 e. The van der Waals surface area contributed by atoms with Crippen molar-refractivity contribution in [2.45, 2.75) is 6.42 Å². The van der Waals surface area contributed by atoms with Crippen molar-refractivity contribution < 1.29 is 23.5 Å². The molecule has 174 valence electrons. The van der Waals surface area contributed by atoms with E-state index in [1.54, 1.807) is 30.3 Å². The molecule has 0 atom stereocenters. The van der Waals surface area contributed by atoms with Crippen LogP contribution in [0.5, 0.6) is 17.2 Å². The summed E-state index contributed by atoms with van der Waals surface area (Å²) in [6.45, 7) is 0.512. The Labute approximate surface area is 197 Å². The van der Waals surface area contributed by atoms with Gasteiger partial charge in [-0.05, 0) is 36.2 Å². The molecular weight excluding hydrogens is 434 g/mol. The predicted molar refractivity (Wildman–Crippen MR) is 127 cm³/mol. The first-order valence-corrected chi connectivity index (χ1v) is 10.7. The van der Waals surface area contributed by atoms with E-state index in [0.717, 1.165) is 12.0 Å². The summed E-state index contributed by atoms with van der Waals surface area (Å²) in [6, 6.07) is 20.6. The summed E-state index contributed by atoms with van der Waals surface area (Å²) in [7, 11) is 4.61. The first kappa shape index (κ1) is 22.8. The molecule has 0 aliphatic heterocycles. The summed E-state index contributed by atoms with van der Waals surface area (Å²) < 4.78 is 21.7. The highest BCUT2D eigenvalue weighted by Crippen LogP contribution is 2.40. The molecule has 4 rings (SSSR count). The average Bonchev–Trinajstić information content (AvgIpc) is 3.38. The Bertz CT molecular complexity index is 1250. The number of benzene rings is 3. The van der Waals surface area contributed by atoms with Crippen molar-refractivity contribution in [3.8, 4) is 40.1 Å². The SMILES string of the molecule is COc1cc(-c2noc(-c3ccccc3C(=O)NCCc3ccccc3)n2)cc(OC)c1OC. The molecule has 0 spiro atoms. The fourth-order valence-corrected chi connectivity index (χ4v) is 3.59. The minimum Gasteiger partial charge on any atom is -0.493 e. The van der Waals surface area contributed by atoms with Crippen LogP contribution in [0.25, 0.3) is 22.8 Å². The molecule has 0 bridgehead atoms. The number of carbonyl (C=O) groups is 1. The number of methoxy groups -OCH3 is 3. The molecule has 0 radical (unpaired) electrons. The van der Waals surface area contributed by atoms with E-state index >= 15 is 0 Å². The van der Waals surface area contributed by atoms with Crippen LogP contribution >= 0.6 is 0 Å². The second-order valence-electron chi connectivity index (χ2n) is 7.37. The van der Waals surface area contributed by atoms with E-state index < -0.39 is 0 Å². The maximum absolute atomic E-state index is 12.9. The lowest BCUT2D eigenvalue weighted by Gasteiger charge is -2.12. The molecule has 0 aliphatic carbocycles. The van der Waals surface area contributed by atoms with Gasteiger partial charge in [-0.25, -0.2) is 0 Å². The molecule has 1 amide bonds. The van der Waals surface area contributed by atoms with Crippen molar-refractivity contribution in [3.63, 3.8) is 0 Å². The van der Waals surface area contributed by atoms with Crippen LogP contribution in [0, 0.1) is 0 Å². The number of ether oxygens (including phenoxy) is 3. The number of hydrogen-bond donors (Lipinski definition) is 1. The number of hydrogen-bond acceptors (Lipinski definition) is 7. The number of aromatic nitrogens is 2. The first-order chi connectivity index (χ1) is 16.6. The number of nitrogens with one attached hydrogen (secondary N) is 1. The summed E-state index contributed by atoms with van der Waals surface area (Å²) in [4.78, 5) is 17.4. The largest absolute Gasteiger partial charge is 0.493 e. The molecule has 4 aromatic rings. The molecule has 8 nitrogen and oxygen atoms in total. The highest BCUT2D eigenvalue weighted by Gasteiger charge is 2.20. The van der Waals surface area contributed by atoms with E-state index in [9.17, 15) is 4.79 Å². The topological polar surface area (TPSA) is 95.7 Å². The van der Waals surface area contributed by atoms with Crippen molar-refractivity contribution in [3.05, 3.63) is 77.9 Å². The molecule has 0 aliphatic rings. The Balaban J connectivity index is 1.57. The molecule has 1 heterocycles. The van der Waals surface area contributed by atoms with Gasteiger partial charge in [0.2, 0.25) is 11.6 Å². The minimum atomic E-state index is -0.209. The van der Waals surface area contributed by atoms with Crippen LogP contribution in [0.3, 0.4) is 0 Å². The van der Waals surface area contributed by atoms with Crippen molar-refractivity contribution in [1.29, 1.82) is 0 Å². The zero-order valence-electron chi connectivity index (χ0n) is 19.2. The van der Waals surface area contributed by atoms with Gasteiger partial charge in [-0.15, -0.1) is 0 Å². The lowest BCUT2D eigenvalue weighted by molar-refractivity contribution is 0.0954. The highest BCUT2D eigenvalue weighted by atomic mass is 16.5. The van der Waals surface area contributed by atoms with Gasteiger partial charge in [0.25, 0.3) is 11.8 Å². The minimum absolute atomic E-state index is 0.209. The molecule has 0 fully saturated rings. The van der Waals surface area contributed by atoms with E-state index in [-0.39, 0.29) is 11.8 Å². The molecule has 0 saturated carbocycles. The quantitative estimate of drug-likeness (QED) is 0.396. The molecule has 34 heavy (non-hydrogen) atoms. The van der Waals surface area contributed by atoms with E-state index in [0.29, 0.717) is 46.3 Å². The van der Waals surface area contributed by atoms with Gasteiger partial charge in [0.15, 0.2) is 11.5 Å². The van der Waals surface area contributed by atoms with Crippen LogP contribution in [0.1, 0.15) is 15.9 Å². The molecule has 0 saturated heterocycles. The van der Waals surface area contributed by atoms with Gasteiger partial charge < -0.3 is 24.1 Å². The second kappa shape index (κ2) is 10.5. The second-order valence-corrected chi connectivity index (χ2v) is 7.37. The van der Waals surface area contributed by atoms with Crippen LogP contribution in [0.2, 0.25) is 0 Å². The van der Waals surface area contributed by atoms with E-state index in [2.05, 4.69) is 15.5 Å². The zero-order chi connectivity index (χ0) is 23.9. The van der Waals surface area contributed by atoms with E-state index in [4.69, 9.17) is 18.7 Å². The summed E-state index contributed by atoms with van der Waals surface area (Å²) >= 11 is 0. The smallest absolute Gasteiger partial charge is 0.259 e. The maximum atomic E-state index is 12.9. The van der Waals surface area contributed by atoms with Crippen molar-refractivity contribution in [2.24, 2.45) is 0 Å². The highest BCUT2D eigenvalue weighted by molar-refractivity contribution is 6.00. The monoisotopic (exact) mass is 459 g/mol. The summed E-state index contributed by atoms with van der Waals surface area (Å²) in [6.07, 6.45) is 0.737. The Hall–Kier alpha value is -4.33. The van der Waals surface area contributed by atoms with Gasteiger partial charge in [0.1, 0.15) is 0 Å². The van der Waals surface area contributed by atoms with Crippen LogP contribution in [0.15, 0.2) is 71.3 Å². The standard InChI is InChI=1S/C26H25N3O5/c1-31-21-15-18(16-22(32-2)23(21)33-3)24-28-26(34-29-24)20-12-8-7-11-19(20)25(30)27-14-13-17-9-5-4-6-10-17/h4-12,15-16H,13-14H2,1-3H3,(H,27,30). The van der Waals surface area contributed by atoms with Crippen LogP contribution in [0.4, 0.5) is 0 Å². The fraction of sp³-hybridized carbons (Fsp3) is 0.192. The number of amides is 1. The Morgan fingerprint density at radius 3 is 2.26 bits per heavy atom. The Morgan fingerprint density at radius 1 is 0.912 bits per heavy atom. The first-order valence-electron chi connectivity index (χ1n) is 10.7. The third-order valence-corrected chi connectivity index (χ3v) is 5.29. The molecule has 0 unspecified atom stereocenters. The van der Waals surface area contributed by atoms with Crippen molar-refractivity contribution in [1.82, 2.24) is 15.5 Å². The average molecular weight is 460 g/mol. The molecule has 3 aromatic carbocycles. The lowest BCUT2D eigenvalue weighted by atomic mass is 10.1. The Morgan fingerprint density at radius 2 is 1.59 bits per heavy atom. The summed E-state index contributed by atoms with van der Waals surface area (Å²) in [5, 5.41) is 7.06. The van der Waals surface area contributed by atoms with Crippen LogP contribution < -0.4 is 19.5 Å². The van der Waals surface area contributed by atoms with Crippen LogP contribution in [-0.4, -0.2) is 43.9 Å². The van der Waals surface area contributed by atoms with Crippen LogP contribution in [-0.2, 0) is 6.42 Å². The Kier molecular flexibility index (Phi) is 7.07. The van der Waals surface area contributed by atoms with E-state index in [1.165, 1.54) is 21.3 Å². The number of nitrogens with zero attached hydrogens (tertiary/aromatic N) is 2. The fourth-order valence-electron chi connectivity index (χ4n) is 3.59. The zero-order valence-corrected chi connectivity index (χ0v) is 19.2. The van der Waals surface area contributed by atoms with Gasteiger partial charge in [0, 0.05) is 12.1 Å². The van der Waals surface area contributed by atoms with Gasteiger partial charge in [-0.1, -0.05) is 47.6 Å².